The van der Waals surface area contributed by atoms with Crippen molar-refractivity contribution >= 4 is 28.1 Å². The van der Waals surface area contributed by atoms with E-state index in [1.807, 2.05) is 0 Å². The molecule has 0 aliphatic rings. The number of alkyl halides is 3. The third-order valence-electron chi connectivity index (χ3n) is 4.85. The van der Waals surface area contributed by atoms with Crippen molar-refractivity contribution in [3.8, 4) is 11.5 Å². The van der Waals surface area contributed by atoms with E-state index in [0.717, 1.165) is 25.0 Å². The highest BCUT2D eigenvalue weighted by Gasteiger charge is 2.34. The molecule has 2 rings (SSSR count). The van der Waals surface area contributed by atoms with Crippen molar-refractivity contribution in [1.29, 1.82) is 0 Å². The van der Waals surface area contributed by atoms with Gasteiger partial charge in [0.2, 0.25) is 0 Å². The van der Waals surface area contributed by atoms with E-state index in [4.69, 9.17) is 9.47 Å². The SMILES string of the molecule is CCCCCCCCOc1c(Br)cc(/C=N/NC(=O)c2ccccc2C(F)(F)F)cc1OC. The Bertz CT molecular complexity index is 949. The summed E-state index contributed by atoms with van der Waals surface area (Å²) in [5.41, 5.74) is 1.18. The Balaban J connectivity index is 2.00. The van der Waals surface area contributed by atoms with Gasteiger partial charge in [0, 0.05) is 0 Å². The highest BCUT2D eigenvalue weighted by Crippen LogP contribution is 2.36. The second kappa shape index (κ2) is 13.2. The number of carbonyl (C=O) groups is 1. The number of benzene rings is 2. The standard InChI is InChI=1S/C24H28BrF3N2O3/c1-3-4-5-6-7-10-13-33-22-20(25)14-17(15-21(22)32-2)16-29-30-23(31)18-11-8-9-12-19(18)24(26,27)28/h8-9,11-12,14-16H,3-7,10,13H2,1-2H3,(H,30,31)/b29-16+. The predicted molar refractivity (Wildman–Crippen MR) is 126 cm³/mol. The van der Waals surface area contributed by atoms with Gasteiger partial charge in [-0.2, -0.15) is 18.3 Å². The number of hydrazone groups is 1. The van der Waals surface area contributed by atoms with Crippen molar-refractivity contribution in [2.45, 2.75) is 51.6 Å². The molecule has 5 nitrogen and oxygen atoms in total. The fourth-order valence-corrected chi connectivity index (χ4v) is 3.74. The summed E-state index contributed by atoms with van der Waals surface area (Å²) in [7, 11) is 1.51. The molecule has 0 aromatic heterocycles. The normalized spacial score (nSPS) is 11.6. The predicted octanol–water partition coefficient (Wildman–Crippen LogP) is 6.98. The van der Waals surface area contributed by atoms with Crippen LogP contribution < -0.4 is 14.9 Å². The highest BCUT2D eigenvalue weighted by atomic mass is 79.9. The summed E-state index contributed by atoms with van der Waals surface area (Å²) in [5, 5.41) is 3.79. The van der Waals surface area contributed by atoms with Crippen LogP contribution in [0.15, 0.2) is 46.0 Å². The molecule has 0 bridgehead atoms. The van der Waals surface area contributed by atoms with Crippen molar-refractivity contribution in [1.82, 2.24) is 5.43 Å². The Hall–Kier alpha value is -2.55. The van der Waals surface area contributed by atoms with Crippen LogP contribution in [0.4, 0.5) is 13.2 Å². The second-order valence-electron chi connectivity index (χ2n) is 7.39. The molecule has 0 saturated carbocycles. The number of unbranched alkanes of at least 4 members (excludes halogenated alkanes) is 5. The first kappa shape index (κ1) is 26.7. The van der Waals surface area contributed by atoms with Gasteiger partial charge in [0.15, 0.2) is 11.5 Å². The molecule has 0 unspecified atom stereocenters. The van der Waals surface area contributed by atoms with E-state index in [1.54, 1.807) is 12.1 Å². The van der Waals surface area contributed by atoms with Gasteiger partial charge in [-0.25, -0.2) is 5.43 Å². The van der Waals surface area contributed by atoms with Crippen molar-refractivity contribution in [3.63, 3.8) is 0 Å². The molecule has 0 saturated heterocycles. The van der Waals surface area contributed by atoms with Crippen LogP contribution in [-0.2, 0) is 6.18 Å². The molecular weight excluding hydrogens is 501 g/mol. The fraction of sp³-hybridized carbons (Fsp3) is 0.417. The maximum absolute atomic E-state index is 13.1. The van der Waals surface area contributed by atoms with Crippen LogP contribution >= 0.6 is 15.9 Å². The average molecular weight is 529 g/mol. The van der Waals surface area contributed by atoms with E-state index in [2.05, 4.69) is 33.4 Å². The number of nitrogens with zero attached hydrogens (tertiary/aromatic N) is 1. The molecule has 1 amide bonds. The monoisotopic (exact) mass is 528 g/mol. The third kappa shape index (κ3) is 8.38. The number of ether oxygens (including phenoxy) is 2. The van der Waals surface area contributed by atoms with E-state index in [9.17, 15) is 18.0 Å². The lowest BCUT2D eigenvalue weighted by Crippen LogP contribution is -2.22. The lowest BCUT2D eigenvalue weighted by atomic mass is 10.1. The van der Waals surface area contributed by atoms with E-state index in [0.29, 0.717) is 28.1 Å². The van der Waals surface area contributed by atoms with Gasteiger partial charge in [-0.15, -0.1) is 0 Å². The van der Waals surface area contributed by atoms with Crippen molar-refractivity contribution < 1.29 is 27.4 Å². The minimum absolute atomic E-state index is 0.477. The summed E-state index contributed by atoms with van der Waals surface area (Å²) >= 11 is 3.45. The molecule has 0 radical (unpaired) electrons. The fourth-order valence-electron chi connectivity index (χ4n) is 3.16. The summed E-state index contributed by atoms with van der Waals surface area (Å²) in [5.74, 6) is 0.0843. The van der Waals surface area contributed by atoms with Crippen LogP contribution in [0, 0.1) is 0 Å². The first-order valence-corrected chi connectivity index (χ1v) is 11.6. The van der Waals surface area contributed by atoms with Crippen molar-refractivity contribution in [2.24, 2.45) is 5.10 Å². The molecular formula is C24H28BrF3N2O3. The number of halogens is 4. The summed E-state index contributed by atoms with van der Waals surface area (Å²) in [4.78, 5) is 12.2. The Labute approximate surface area is 200 Å². The average Bonchev–Trinajstić information content (AvgIpc) is 2.78. The largest absolute Gasteiger partial charge is 0.493 e. The number of methoxy groups -OCH3 is 1. The number of nitrogens with one attached hydrogen (secondary N) is 1. The molecule has 0 atom stereocenters. The van der Waals surface area contributed by atoms with Crippen LogP contribution in [0.3, 0.4) is 0 Å². The topological polar surface area (TPSA) is 59.9 Å². The molecule has 180 valence electrons. The Morgan fingerprint density at radius 3 is 2.52 bits per heavy atom. The smallest absolute Gasteiger partial charge is 0.417 e. The van der Waals surface area contributed by atoms with Gasteiger partial charge in [0.1, 0.15) is 0 Å². The summed E-state index contributed by atoms with van der Waals surface area (Å²) in [6.07, 6.45) is 3.59. The van der Waals surface area contributed by atoms with Gasteiger partial charge < -0.3 is 9.47 Å². The van der Waals surface area contributed by atoms with E-state index in [-0.39, 0.29) is 0 Å². The molecule has 0 fully saturated rings. The Morgan fingerprint density at radius 1 is 1.12 bits per heavy atom. The van der Waals surface area contributed by atoms with Gasteiger partial charge in [0.25, 0.3) is 5.91 Å². The molecule has 0 aliphatic carbocycles. The van der Waals surface area contributed by atoms with E-state index >= 15 is 0 Å². The first-order valence-electron chi connectivity index (χ1n) is 10.8. The van der Waals surface area contributed by atoms with Gasteiger partial charge >= 0.3 is 6.18 Å². The maximum atomic E-state index is 13.1. The van der Waals surface area contributed by atoms with Gasteiger partial charge in [-0.3, -0.25) is 4.79 Å². The molecule has 2 aromatic rings. The molecule has 0 aliphatic heterocycles. The zero-order chi connectivity index (χ0) is 24.3. The zero-order valence-electron chi connectivity index (χ0n) is 18.7. The molecule has 33 heavy (non-hydrogen) atoms. The highest BCUT2D eigenvalue weighted by molar-refractivity contribution is 9.10. The molecule has 0 heterocycles. The minimum Gasteiger partial charge on any atom is -0.493 e. The second-order valence-corrected chi connectivity index (χ2v) is 8.25. The first-order chi connectivity index (χ1) is 15.8. The summed E-state index contributed by atoms with van der Waals surface area (Å²) in [6.45, 7) is 2.74. The minimum atomic E-state index is -4.64. The zero-order valence-corrected chi connectivity index (χ0v) is 20.3. The molecule has 2 aromatic carbocycles. The number of hydrogen-bond acceptors (Lipinski definition) is 4. The van der Waals surface area contributed by atoms with E-state index in [1.165, 1.54) is 51.1 Å². The molecule has 0 spiro atoms. The lowest BCUT2D eigenvalue weighted by molar-refractivity contribution is -0.137. The molecule has 1 N–H and O–H groups in total. The van der Waals surface area contributed by atoms with E-state index < -0.39 is 23.2 Å². The Morgan fingerprint density at radius 2 is 1.82 bits per heavy atom. The number of carbonyl (C=O) groups excluding carboxylic acids is 1. The third-order valence-corrected chi connectivity index (χ3v) is 5.44. The lowest BCUT2D eigenvalue weighted by Gasteiger charge is -2.13. The van der Waals surface area contributed by atoms with Crippen LogP contribution in [0.1, 0.15) is 66.9 Å². The number of amides is 1. The van der Waals surface area contributed by atoms with Gasteiger partial charge in [-0.05, 0) is 52.2 Å². The van der Waals surface area contributed by atoms with Crippen LogP contribution in [-0.4, -0.2) is 25.8 Å². The van der Waals surface area contributed by atoms with Crippen LogP contribution in [0.2, 0.25) is 0 Å². The van der Waals surface area contributed by atoms with Gasteiger partial charge in [-0.1, -0.05) is 51.2 Å². The number of rotatable bonds is 12. The summed E-state index contributed by atoms with van der Waals surface area (Å²) in [6, 6.07) is 7.93. The Kier molecular flexibility index (Phi) is 10.7. The van der Waals surface area contributed by atoms with Crippen LogP contribution in [0.5, 0.6) is 11.5 Å². The maximum Gasteiger partial charge on any atom is 0.417 e. The van der Waals surface area contributed by atoms with Crippen LogP contribution in [0.25, 0.3) is 0 Å². The quantitative estimate of drug-likeness (QED) is 0.183. The summed E-state index contributed by atoms with van der Waals surface area (Å²) < 4.78 is 51.2. The van der Waals surface area contributed by atoms with Crippen molar-refractivity contribution in [2.75, 3.05) is 13.7 Å². The van der Waals surface area contributed by atoms with Gasteiger partial charge in [0.05, 0.1) is 35.5 Å². The number of hydrogen-bond donors (Lipinski definition) is 1. The molecule has 9 heteroatoms. The van der Waals surface area contributed by atoms with Crippen molar-refractivity contribution in [3.05, 3.63) is 57.6 Å².